The molecule has 21 heavy (non-hydrogen) atoms. The van der Waals surface area contributed by atoms with E-state index in [1.54, 1.807) is 24.8 Å². The van der Waals surface area contributed by atoms with E-state index in [1.165, 1.54) is 0 Å². The first-order valence-electron chi connectivity index (χ1n) is 7.20. The Labute approximate surface area is 131 Å². The number of rotatable bonds is 6. The molecule has 1 atom stereocenters. The first kappa shape index (κ1) is 17.5. The Kier molecular flexibility index (Phi) is 6.69. The summed E-state index contributed by atoms with van der Waals surface area (Å²) in [5, 5.41) is 3.44. The Morgan fingerprint density at radius 3 is 2.38 bits per heavy atom. The van der Waals surface area contributed by atoms with E-state index in [-0.39, 0.29) is 17.9 Å². The Balaban J connectivity index is 2.93. The minimum Gasteiger partial charge on any atom is -0.352 e. The molecule has 5 heteroatoms. The van der Waals surface area contributed by atoms with Crippen molar-refractivity contribution in [1.29, 1.82) is 0 Å². The van der Waals surface area contributed by atoms with Gasteiger partial charge in [-0.05, 0) is 32.4 Å². The van der Waals surface area contributed by atoms with Crippen LogP contribution in [0.4, 0.5) is 0 Å². The van der Waals surface area contributed by atoms with E-state index in [9.17, 15) is 9.59 Å². The van der Waals surface area contributed by atoms with Crippen molar-refractivity contribution in [2.45, 2.75) is 52.7 Å². The van der Waals surface area contributed by atoms with Gasteiger partial charge in [0.15, 0.2) is 0 Å². The maximum atomic E-state index is 12.2. The van der Waals surface area contributed by atoms with Crippen LogP contribution in [0.2, 0.25) is 5.02 Å². The van der Waals surface area contributed by atoms with Crippen molar-refractivity contribution in [1.82, 2.24) is 10.2 Å². The van der Waals surface area contributed by atoms with Crippen LogP contribution in [0.3, 0.4) is 0 Å². The van der Waals surface area contributed by atoms with Gasteiger partial charge in [-0.25, -0.2) is 0 Å². The van der Waals surface area contributed by atoms with E-state index in [1.807, 2.05) is 32.0 Å². The fourth-order valence-electron chi connectivity index (χ4n) is 2.00. The number of benzene rings is 1. The summed E-state index contributed by atoms with van der Waals surface area (Å²) in [5.41, 5.74) is 0.838. The molecule has 0 spiro atoms. The third-order valence-electron chi connectivity index (χ3n) is 3.20. The van der Waals surface area contributed by atoms with E-state index < -0.39 is 6.04 Å². The summed E-state index contributed by atoms with van der Waals surface area (Å²) in [4.78, 5) is 25.9. The number of hydrogen-bond donors (Lipinski definition) is 1. The number of carbonyl (C=O) groups is 2. The molecule has 116 valence electrons. The first-order valence-corrected chi connectivity index (χ1v) is 7.57. The zero-order valence-corrected chi connectivity index (χ0v) is 13.8. The predicted octanol–water partition coefficient (Wildman–Crippen LogP) is 2.99. The lowest BCUT2D eigenvalue weighted by molar-refractivity contribution is -0.140. The third-order valence-corrected chi connectivity index (χ3v) is 3.57. The van der Waals surface area contributed by atoms with Crippen LogP contribution in [0.1, 0.15) is 39.7 Å². The molecule has 0 aliphatic rings. The maximum Gasteiger partial charge on any atom is 0.242 e. The molecule has 1 rings (SSSR count). The summed E-state index contributed by atoms with van der Waals surface area (Å²) >= 11 is 6.15. The molecule has 4 nitrogen and oxygen atoms in total. The lowest BCUT2D eigenvalue weighted by Gasteiger charge is -2.29. The molecule has 0 radical (unpaired) electrons. The van der Waals surface area contributed by atoms with Crippen molar-refractivity contribution < 1.29 is 9.59 Å². The number of carbonyl (C=O) groups excluding carboxylic acids is 2. The summed E-state index contributed by atoms with van der Waals surface area (Å²) in [6.07, 6.45) is 0.351. The van der Waals surface area contributed by atoms with Gasteiger partial charge in [0, 0.05) is 24.0 Å². The number of amides is 2. The molecule has 2 amide bonds. The molecule has 0 saturated carbocycles. The molecule has 0 aromatic heterocycles. The molecule has 0 aliphatic carbocycles. The lowest BCUT2D eigenvalue weighted by atomic mass is 10.1. The molecule has 0 saturated heterocycles. The van der Waals surface area contributed by atoms with Gasteiger partial charge in [-0.1, -0.05) is 36.7 Å². The molecular weight excluding hydrogens is 288 g/mol. The highest BCUT2D eigenvalue weighted by atomic mass is 35.5. The molecular formula is C16H23ClN2O2. The highest BCUT2D eigenvalue weighted by molar-refractivity contribution is 6.31. The third kappa shape index (κ3) is 5.05. The summed E-state index contributed by atoms with van der Waals surface area (Å²) in [6.45, 7) is 7.64. The largest absolute Gasteiger partial charge is 0.352 e. The number of nitrogens with one attached hydrogen (secondary N) is 1. The van der Waals surface area contributed by atoms with Crippen molar-refractivity contribution in [3.8, 4) is 0 Å². The van der Waals surface area contributed by atoms with E-state index in [0.29, 0.717) is 18.0 Å². The van der Waals surface area contributed by atoms with Gasteiger partial charge in [-0.2, -0.15) is 0 Å². The quantitative estimate of drug-likeness (QED) is 0.878. The van der Waals surface area contributed by atoms with Crippen LogP contribution >= 0.6 is 11.6 Å². The summed E-state index contributed by atoms with van der Waals surface area (Å²) < 4.78 is 0. The van der Waals surface area contributed by atoms with Gasteiger partial charge < -0.3 is 10.2 Å². The van der Waals surface area contributed by atoms with Crippen LogP contribution in [0, 0.1) is 0 Å². The molecule has 0 fully saturated rings. The molecule has 0 heterocycles. The fraction of sp³-hybridized carbons (Fsp3) is 0.500. The van der Waals surface area contributed by atoms with E-state index in [2.05, 4.69) is 5.32 Å². The van der Waals surface area contributed by atoms with Crippen molar-refractivity contribution in [3.63, 3.8) is 0 Å². The smallest absolute Gasteiger partial charge is 0.242 e. The van der Waals surface area contributed by atoms with Crippen LogP contribution in [0.25, 0.3) is 0 Å². The van der Waals surface area contributed by atoms with Crippen molar-refractivity contribution in [2.24, 2.45) is 0 Å². The Bertz CT molecular complexity index is 503. The fourth-order valence-corrected chi connectivity index (χ4v) is 2.20. The standard InChI is InChI=1S/C16H23ClN2O2/c1-5-15(20)19(12(4)16(21)18-11(2)3)10-13-8-6-7-9-14(13)17/h6-9,11-12H,5,10H2,1-4H3,(H,18,21)/t12-/m1/s1. The lowest BCUT2D eigenvalue weighted by Crippen LogP contribution is -2.49. The second-order valence-corrected chi connectivity index (χ2v) is 5.71. The SMILES string of the molecule is CCC(=O)N(Cc1ccccc1Cl)[C@H](C)C(=O)NC(C)C. The van der Waals surface area contributed by atoms with Gasteiger partial charge in [0.05, 0.1) is 0 Å². The molecule has 0 unspecified atom stereocenters. The van der Waals surface area contributed by atoms with Crippen molar-refractivity contribution in [3.05, 3.63) is 34.9 Å². The predicted molar refractivity (Wildman–Crippen MR) is 85.0 cm³/mol. The first-order chi connectivity index (χ1) is 9.86. The van der Waals surface area contributed by atoms with Gasteiger partial charge >= 0.3 is 0 Å². The average Bonchev–Trinajstić information content (AvgIpc) is 2.44. The normalized spacial score (nSPS) is 12.1. The van der Waals surface area contributed by atoms with Gasteiger partial charge in [0.2, 0.25) is 11.8 Å². The zero-order chi connectivity index (χ0) is 16.0. The van der Waals surface area contributed by atoms with Gasteiger partial charge in [0.1, 0.15) is 6.04 Å². The molecule has 0 bridgehead atoms. The number of hydrogen-bond acceptors (Lipinski definition) is 2. The Morgan fingerprint density at radius 2 is 1.86 bits per heavy atom. The van der Waals surface area contributed by atoms with Gasteiger partial charge in [-0.15, -0.1) is 0 Å². The molecule has 0 aliphatic heterocycles. The molecule has 1 N–H and O–H groups in total. The van der Waals surface area contributed by atoms with Crippen molar-refractivity contribution in [2.75, 3.05) is 0 Å². The number of nitrogens with zero attached hydrogens (tertiary/aromatic N) is 1. The van der Waals surface area contributed by atoms with Crippen LogP contribution in [0.5, 0.6) is 0 Å². The summed E-state index contributed by atoms with van der Waals surface area (Å²) in [5.74, 6) is -0.222. The minimum absolute atomic E-state index is 0.0406. The maximum absolute atomic E-state index is 12.2. The van der Waals surface area contributed by atoms with Crippen molar-refractivity contribution >= 4 is 23.4 Å². The minimum atomic E-state index is -0.531. The van der Waals surface area contributed by atoms with Crippen LogP contribution in [-0.2, 0) is 16.1 Å². The van der Waals surface area contributed by atoms with Gasteiger partial charge in [-0.3, -0.25) is 9.59 Å². The van der Waals surface area contributed by atoms with E-state index in [4.69, 9.17) is 11.6 Å². The van der Waals surface area contributed by atoms with E-state index in [0.717, 1.165) is 5.56 Å². The Morgan fingerprint density at radius 1 is 1.24 bits per heavy atom. The highest BCUT2D eigenvalue weighted by Crippen LogP contribution is 2.19. The van der Waals surface area contributed by atoms with E-state index >= 15 is 0 Å². The highest BCUT2D eigenvalue weighted by Gasteiger charge is 2.25. The van der Waals surface area contributed by atoms with Crippen LogP contribution < -0.4 is 5.32 Å². The monoisotopic (exact) mass is 310 g/mol. The van der Waals surface area contributed by atoms with Gasteiger partial charge in [0.25, 0.3) is 0 Å². The molecule has 1 aromatic rings. The number of halogens is 1. The average molecular weight is 311 g/mol. The second-order valence-electron chi connectivity index (χ2n) is 5.31. The Hall–Kier alpha value is -1.55. The topological polar surface area (TPSA) is 49.4 Å². The summed E-state index contributed by atoms with van der Waals surface area (Å²) in [7, 11) is 0. The zero-order valence-electron chi connectivity index (χ0n) is 13.0. The second kappa shape index (κ2) is 8.03. The summed E-state index contributed by atoms with van der Waals surface area (Å²) in [6, 6.07) is 6.87. The van der Waals surface area contributed by atoms with Crippen LogP contribution in [0.15, 0.2) is 24.3 Å². The van der Waals surface area contributed by atoms with Crippen LogP contribution in [-0.4, -0.2) is 28.8 Å². The molecule has 1 aromatic carbocycles.